The van der Waals surface area contributed by atoms with Gasteiger partial charge in [0.15, 0.2) is 0 Å². The molecule has 144 valence electrons. The first-order valence-corrected chi connectivity index (χ1v) is 9.93. The Kier molecular flexibility index (Phi) is 5.76. The number of hydrazone groups is 1. The first-order valence-electron chi connectivity index (χ1n) is 8.07. The van der Waals surface area contributed by atoms with E-state index in [4.69, 9.17) is 11.6 Å². The number of sulfonamides is 1. The molecule has 10 heteroatoms. The van der Waals surface area contributed by atoms with Crippen molar-refractivity contribution in [2.45, 2.75) is 11.8 Å². The number of nitrogens with zero attached hydrogens (tertiary/aromatic N) is 2. The summed E-state index contributed by atoms with van der Waals surface area (Å²) < 4.78 is 24.7. The lowest BCUT2D eigenvalue weighted by Crippen LogP contribution is -2.18. The molecule has 0 unspecified atom stereocenters. The number of H-pyrrole nitrogens is 1. The Bertz CT molecular complexity index is 1110. The van der Waals surface area contributed by atoms with Crippen LogP contribution in [-0.4, -0.2) is 30.7 Å². The highest BCUT2D eigenvalue weighted by molar-refractivity contribution is 7.89. The molecule has 0 saturated carbocycles. The van der Waals surface area contributed by atoms with E-state index in [2.05, 4.69) is 25.4 Å². The van der Waals surface area contributed by atoms with E-state index >= 15 is 0 Å². The second kappa shape index (κ2) is 8.24. The number of aromatic nitrogens is 2. The number of carbonyl (C=O) groups is 1. The minimum absolute atomic E-state index is 0.0175. The summed E-state index contributed by atoms with van der Waals surface area (Å²) in [6.45, 7) is 1.37. The van der Waals surface area contributed by atoms with E-state index < -0.39 is 10.0 Å². The highest BCUT2D eigenvalue weighted by Gasteiger charge is 2.13. The van der Waals surface area contributed by atoms with Gasteiger partial charge in [0, 0.05) is 28.8 Å². The van der Waals surface area contributed by atoms with E-state index in [1.807, 2.05) is 12.1 Å². The molecule has 2 aromatic carbocycles. The van der Waals surface area contributed by atoms with Gasteiger partial charge in [-0.15, -0.1) is 0 Å². The van der Waals surface area contributed by atoms with Gasteiger partial charge in [-0.2, -0.15) is 18.6 Å². The third-order valence-electron chi connectivity index (χ3n) is 3.66. The van der Waals surface area contributed by atoms with Crippen LogP contribution in [0.1, 0.15) is 12.5 Å². The van der Waals surface area contributed by atoms with E-state index in [1.165, 1.54) is 43.6 Å². The Morgan fingerprint density at radius 2 is 1.82 bits per heavy atom. The Morgan fingerprint density at radius 3 is 2.46 bits per heavy atom. The van der Waals surface area contributed by atoms with Crippen LogP contribution in [0.25, 0.3) is 11.3 Å². The molecule has 3 aromatic rings. The number of rotatable bonds is 6. The highest BCUT2D eigenvalue weighted by atomic mass is 35.5. The van der Waals surface area contributed by atoms with Gasteiger partial charge in [-0.1, -0.05) is 23.7 Å². The number of benzene rings is 2. The molecule has 0 aliphatic heterocycles. The predicted molar refractivity (Wildman–Crippen MR) is 108 cm³/mol. The first kappa shape index (κ1) is 19.6. The number of halogens is 1. The van der Waals surface area contributed by atoms with Crippen molar-refractivity contribution >= 4 is 39.4 Å². The van der Waals surface area contributed by atoms with Crippen LogP contribution >= 0.6 is 11.6 Å². The molecule has 0 radical (unpaired) electrons. The largest absolute Gasteiger partial charge is 0.326 e. The maximum absolute atomic E-state index is 12.3. The van der Waals surface area contributed by atoms with E-state index in [9.17, 15) is 13.2 Å². The molecule has 0 fully saturated rings. The molecule has 1 amide bonds. The Labute approximate surface area is 166 Å². The van der Waals surface area contributed by atoms with Gasteiger partial charge in [0.1, 0.15) is 0 Å². The molecule has 8 nitrogen and oxygen atoms in total. The monoisotopic (exact) mass is 417 g/mol. The lowest BCUT2D eigenvalue weighted by atomic mass is 10.1. The molecule has 0 saturated heterocycles. The van der Waals surface area contributed by atoms with Gasteiger partial charge < -0.3 is 5.32 Å². The third-order valence-corrected chi connectivity index (χ3v) is 5.15. The van der Waals surface area contributed by atoms with Crippen LogP contribution in [0.5, 0.6) is 0 Å². The van der Waals surface area contributed by atoms with E-state index in [0.717, 1.165) is 5.56 Å². The predicted octanol–water partition coefficient (Wildman–Crippen LogP) is 3.00. The number of amides is 1. The van der Waals surface area contributed by atoms with Crippen molar-refractivity contribution in [1.82, 2.24) is 15.0 Å². The van der Waals surface area contributed by atoms with Crippen LogP contribution in [0.15, 0.2) is 64.7 Å². The summed E-state index contributed by atoms with van der Waals surface area (Å²) in [5, 5.41) is 13.8. The summed E-state index contributed by atoms with van der Waals surface area (Å²) in [4.78, 5) is 13.2. The summed E-state index contributed by atoms with van der Waals surface area (Å²) >= 11 is 5.89. The van der Waals surface area contributed by atoms with Crippen molar-refractivity contribution in [3.8, 4) is 11.3 Å². The molecule has 0 atom stereocenters. The topological polar surface area (TPSA) is 116 Å². The van der Waals surface area contributed by atoms with Gasteiger partial charge >= 0.3 is 0 Å². The van der Waals surface area contributed by atoms with Gasteiger partial charge in [0.05, 0.1) is 23.0 Å². The van der Waals surface area contributed by atoms with Crippen molar-refractivity contribution in [2.24, 2.45) is 5.10 Å². The molecule has 3 N–H and O–H groups in total. The van der Waals surface area contributed by atoms with E-state index in [-0.39, 0.29) is 10.8 Å². The van der Waals surface area contributed by atoms with Crippen LogP contribution in [0.3, 0.4) is 0 Å². The second-order valence-corrected chi connectivity index (χ2v) is 7.86. The molecular weight excluding hydrogens is 402 g/mol. The zero-order valence-electron chi connectivity index (χ0n) is 14.7. The average Bonchev–Trinajstić information content (AvgIpc) is 3.11. The lowest BCUT2D eigenvalue weighted by molar-refractivity contribution is -0.114. The molecular formula is C18H16ClN5O3S. The standard InChI is InChI=1S/C18H16ClN5O3S/c1-12(25)22-16-6-8-17(9-7-16)28(26,27)24-21-11-14-10-20-23-18(14)13-2-4-15(19)5-3-13/h2-11,24H,1H3,(H,20,23)(H,22,25)/b21-11-. The van der Waals surface area contributed by atoms with E-state index in [0.29, 0.717) is 22.0 Å². The summed E-state index contributed by atoms with van der Waals surface area (Å²) in [6.07, 6.45) is 2.89. The molecule has 0 aliphatic carbocycles. The first-order chi connectivity index (χ1) is 13.3. The normalized spacial score (nSPS) is 11.5. The van der Waals surface area contributed by atoms with Crippen molar-refractivity contribution in [3.63, 3.8) is 0 Å². The maximum Gasteiger partial charge on any atom is 0.276 e. The van der Waals surface area contributed by atoms with Gasteiger partial charge in [0.2, 0.25) is 5.91 Å². The maximum atomic E-state index is 12.3. The summed E-state index contributed by atoms with van der Waals surface area (Å²) in [7, 11) is -3.85. The smallest absolute Gasteiger partial charge is 0.276 e. The van der Waals surface area contributed by atoms with Crippen LogP contribution in [0.2, 0.25) is 5.02 Å². The Hall–Kier alpha value is -3.17. The van der Waals surface area contributed by atoms with E-state index in [1.54, 1.807) is 12.1 Å². The molecule has 1 aromatic heterocycles. The fraction of sp³-hybridized carbons (Fsp3) is 0.0556. The van der Waals surface area contributed by atoms with Gasteiger partial charge in [-0.05, 0) is 36.4 Å². The van der Waals surface area contributed by atoms with Crippen LogP contribution in [0, 0.1) is 0 Å². The van der Waals surface area contributed by atoms with Crippen molar-refractivity contribution in [1.29, 1.82) is 0 Å². The Balaban J connectivity index is 1.73. The van der Waals surface area contributed by atoms with Crippen molar-refractivity contribution < 1.29 is 13.2 Å². The summed E-state index contributed by atoms with van der Waals surface area (Å²) in [5.41, 5.74) is 2.62. The summed E-state index contributed by atoms with van der Waals surface area (Å²) in [5.74, 6) is -0.241. The Morgan fingerprint density at radius 1 is 1.14 bits per heavy atom. The second-order valence-electron chi connectivity index (χ2n) is 5.77. The zero-order chi connectivity index (χ0) is 20.1. The fourth-order valence-corrected chi connectivity index (χ4v) is 3.30. The molecule has 28 heavy (non-hydrogen) atoms. The molecule has 3 rings (SSSR count). The summed E-state index contributed by atoms with van der Waals surface area (Å²) in [6, 6.07) is 12.9. The average molecular weight is 418 g/mol. The van der Waals surface area contributed by atoms with Crippen LogP contribution in [0.4, 0.5) is 5.69 Å². The van der Waals surface area contributed by atoms with Gasteiger partial charge in [-0.25, -0.2) is 4.83 Å². The quantitative estimate of drug-likeness (QED) is 0.422. The number of carbonyl (C=O) groups excluding carboxylic acids is 1. The number of hydrogen-bond donors (Lipinski definition) is 3. The van der Waals surface area contributed by atoms with Crippen molar-refractivity contribution in [3.05, 3.63) is 65.3 Å². The number of aromatic amines is 1. The van der Waals surface area contributed by atoms with Crippen LogP contribution in [-0.2, 0) is 14.8 Å². The SMILES string of the molecule is CC(=O)Nc1ccc(S(=O)(=O)N/N=C\c2cn[nH]c2-c2ccc(Cl)cc2)cc1. The molecule has 0 bridgehead atoms. The number of anilines is 1. The fourth-order valence-electron chi connectivity index (χ4n) is 2.38. The van der Waals surface area contributed by atoms with Crippen molar-refractivity contribution in [2.75, 3.05) is 5.32 Å². The number of hydrogen-bond acceptors (Lipinski definition) is 5. The molecule has 0 aliphatic rings. The van der Waals surface area contributed by atoms with Gasteiger partial charge in [0.25, 0.3) is 10.0 Å². The number of nitrogens with one attached hydrogen (secondary N) is 3. The zero-order valence-corrected chi connectivity index (χ0v) is 16.3. The minimum Gasteiger partial charge on any atom is -0.326 e. The molecule has 0 spiro atoms. The van der Waals surface area contributed by atoms with Gasteiger partial charge in [-0.3, -0.25) is 9.89 Å². The minimum atomic E-state index is -3.85. The molecule has 1 heterocycles. The highest BCUT2D eigenvalue weighted by Crippen LogP contribution is 2.22. The lowest BCUT2D eigenvalue weighted by Gasteiger charge is -2.05. The van der Waals surface area contributed by atoms with Crippen LogP contribution < -0.4 is 10.1 Å². The third kappa shape index (κ3) is 4.76.